The van der Waals surface area contributed by atoms with Crippen molar-refractivity contribution >= 4 is 34.4 Å². The molecular weight excluding hydrogens is 395 g/mol. The molecule has 0 atom stereocenters. The molecule has 2 amide bonds. The highest BCUT2D eigenvalue weighted by Gasteiger charge is 2.17. The van der Waals surface area contributed by atoms with Gasteiger partial charge >= 0.3 is 5.97 Å². The van der Waals surface area contributed by atoms with Gasteiger partial charge in [0.2, 0.25) is 5.91 Å². The first kappa shape index (κ1) is 20.8. The molecule has 0 aliphatic heterocycles. The molecular formula is C21H19FN2O6. The number of likely N-dealkylation sites (N-methyl/N-ethyl adjacent to an activating group) is 1. The van der Waals surface area contributed by atoms with Gasteiger partial charge in [-0.3, -0.25) is 14.4 Å². The molecule has 0 radical (unpaired) electrons. The van der Waals surface area contributed by atoms with Crippen LogP contribution in [0.5, 0.6) is 5.75 Å². The summed E-state index contributed by atoms with van der Waals surface area (Å²) in [5.41, 5.74) is 1.39. The molecule has 2 aromatic carbocycles. The van der Waals surface area contributed by atoms with Crippen LogP contribution in [0.25, 0.3) is 11.0 Å². The molecule has 30 heavy (non-hydrogen) atoms. The summed E-state index contributed by atoms with van der Waals surface area (Å²) in [6.07, 6.45) is 1.28. The number of rotatable bonds is 7. The fourth-order valence-electron chi connectivity index (χ4n) is 2.71. The molecule has 0 saturated carbocycles. The number of hydrogen-bond acceptors (Lipinski definition) is 6. The van der Waals surface area contributed by atoms with Gasteiger partial charge in [-0.25, -0.2) is 4.39 Å². The maximum Gasteiger partial charge on any atom is 0.310 e. The SMILES string of the molecule is CN(CC(=O)Nc1ccc(F)cc1)C(=O)COC(=O)Cc1coc2cc(O)ccc12. The Balaban J connectivity index is 1.46. The summed E-state index contributed by atoms with van der Waals surface area (Å²) in [5, 5.41) is 12.6. The molecule has 8 nitrogen and oxygen atoms in total. The number of aromatic hydroxyl groups is 1. The minimum absolute atomic E-state index is 0.0445. The van der Waals surface area contributed by atoms with Gasteiger partial charge in [0.1, 0.15) is 17.1 Å². The van der Waals surface area contributed by atoms with Crippen LogP contribution in [-0.4, -0.2) is 48.0 Å². The molecule has 0 unspecified atom stereocenters. The molecule has 3 aromatic rings. The summed E-state index contributed by atoms with van der Waals surface area (Å²) in [6, 6.07) is 9.73. The van der Waals surface area contributed by atoms with Gasteiger partial charge in [0.15, 0.2) is 6.61 Å². The van der Waals surface area contributed by atoms with Crippen molar-refractivity contribution in [2.45, 2.75) is 6.42 Å². The van der Waals surface area contributed by atoms with Crippen LogP contribution in [-0.2, 0) is 25.5 Å². The predicted octanol–water partition coefficient (Wildman–Crippen LogP) is 2.46. The Bertz CT molecular complexity index is 1080. The number of nitrogens with one attached hydrogen (secondary N) is 1. The van der Waals surface area contributed by atoms with Crippen LogP contribution >= 0.6 is 0 Å². The lowest BCUT2D eigenvalue weighted by atomic mass is 10.1. The Morgan fingerprint density at radius 3 is 2.63 bits per heavy atom. The van der Waals surface area contributed by atoms with Crippen molar-refractivity contribution < 1.29 is 33.0 Å². The van der Waals surface area contributed by atoms with Gasteiger partial charge in [-0.1, -0.05) is 0 Å². The van der Waals surface area contributed by atoms with Crippen LogP contribution in [0.4, 0.5) is 10.1 Å². The maximum atomic E-state index is 12.9. The highest BCUT2D eigenvalue weighted by Crippen LogP contribution is 2.25. The zero-order chi connectivity index (χ0) is 21.7. The molecule has 2 N–H and O–H groups in total. The molecule has 1 heterocycles. The lowest BCUT2D eigenvalue weighted by Crippen LogP contribution is -2.37. The molecule has 0 aliphatic carbocycles. The van der Waals surface area contributed by atoms with Gasteiger partial charge in [0.25, 0.3) is 5.91 Å². The van der Waals surface area contributed by atoms with Crippen LogP contribution in [0.15, 0.2) is 53.1 Å². The van der Waals surface area contributed by atoms with E-state index in [1.54, 1.807) is 6.07 Å². The first-order chi connectivity index (χ1) is 14.3. The number of carbonyl (C=O) groups is 3. The van der Waals surface area contributed by atoms with Crippen molar-refractivity contribution in [2.24, 2.45) is 0 Å². The number of benzene rings is 2. The number of esters is 1. The quantitative estimate of drug-likeness (QED) is 0.575. The van der Waals surface area contributed by atoms with E-state index in [0.29, 0.717) is 22.2 Å². The van der Waals surface area contributed by atoms with Gasteiger partial charge in [0, 0.05) is 29.8 Å². The molecule has 3 rings (SSSR count). The number of halogens is 1. The number of fused-ring (bicyclic) bond motifs is 1. The van der Waals surface area contributed by atoms with Crippen molar-refractivity contribution in [1.29, 1.82) is 0 Å². The van der Waals surface area contributed by atoms with E-state index in [2.05, 4.69) is 5.32 Å². The van der Waals surface area contributed by atoms with E-state index in [9.17, 15) is 23.9 Å². The summed E-state index contributed by atoms with van der Waals surface area (Å²) in [7, 11) is 1.40. The van der Waals surface area contributed by atoms with E-state index in [4.69, 9.17) is 9.15 Å². The lowest BCUT2D eigenvalue weighted by molar-refractivity contribution is -0.151. The third-order valence-electron chi connectivity index (χ3n) is 4.27. The van der Waals surface area contributed by atoms with E-state index < -0.39 is 30.2 Å². The number of anilines is 1. The Hall–Kier alpha value is -3.88. The summed E-state index contributed by atoms with van der Waals surface area (Å²) in [4.78, 5) is 37.2. The van der Waals surface area contributed by atoms with Crippen molar-refractivity contribution in [3.8, 4) is 5.75 Å². The molecule has 0 fully saturated rings. The van der Waals surface area contributed by atoms with E-state index in [1.165, 1.54) is 49.7 Å². The van der Waals surface area contributed by atoms with Gasteiger partial charge in [-0.05, 0) is 36.4 Å². The average Bonchev–Trinajstić information content (AvgIpc) is 3.09. The molecule has 156 valence electrons. The second-order valence-electron chi connectivity index (χ2n) is 6.58. The maximum absolute atomic E-state index is 12.9. The fourth-order valence-corrected chi connectivity index (χ4v) is 2.71. The van der Waals surface area contributed by atoms with Crippen LogP contribution < -0.4 is 5.32 Å². The Kier molecular flexibility index (Phi) is 6.31. The fraction of sp³-hybridized carbons (Fsp3) is 0.190. The Morgan fingerprint density at radius 1 is 1.17 bits per heavy atom. The zero-order valence-electron chi connectivity index (χ0n) is 16.1. The van der Waals surface area contributed by atoms with E-state index in [-0.39, 0.29) is 18.7 Å². The molecule has 1 aromatic heterocycles. The van der Waals surface area contributed by atoms with Crippen LogP contribution in [0.1, 0.15) is 5.56 Å². The standard InChI is InChI=1S/C21H19FN2O6/c1-24(10-19(26)23-15-4-2-14(22)3-5-15)20(27)12-30-21(28)8-13-11-29-18-9-16(25)6-7-17(13)18/h2-7,9,11,25H,8,10,12H2,1H3,(H,23,26). The minimum atomic E-state index is -0.636. The molecule has 0 aliphatic rings. The van der Waals surface area contributed by atoms with Gasteiger partial charge < -0.3 is 24.5 Å². The van der Waals surface area contributed by atoms with Gasteiger partial charge in [0.05, 0.1) is 19.2 Å². The minimum Gasteiger partial charge on any atom is -0.508 e. The first-order valence-corrected chi connectivity index (χ1v) is 8.96. The molecule has 0 bridgehead atoms. The third kappa shape index (κ3) is 5.34. The number of hydrogen-bond donors (Lipinski definition) is 2. The third-order valence-corrected chi connectivity index (χ3v) is 4.27. The number of nitrogens with zero attached hydrogens (tertiary/aromatic N) is 1. The molecule has 0 spiro atoms. The van der Waals surface area contributed by atoms with Crippen LogP contribution in [0.2, 0.25) is 0 Å². The smallest absolute Gasteiger partial charge is 0.310 e. The van der Waals surface area contributed by atoms with Crippen LogP contribution in [0, 0.1) is 5.82 Å². The summed E-state index contributed by atoms with van der Waals surface area (Å²) in [6.45, 7) is -0.778. The Morgan fingerprint density at radius 2 is 1.90 bits per heavy atom. The number of amides is 2. The second kappa shape index (κ2) is 9.08. The number of phenols is 1. The van der Waals surface area contributed by atoms with E-state index in [1.807, 2.05) is 0 Å². The molecule has 9 heteroatoms. The molecule has 0 saturated heterocycles. The highest BCUT2D eigenvalue weighted by atomic mass is 19.1. The van der Waals surface area contributed by atoms with Gasteiger partial charge in [-0.15, -0.1) is 0 Å². The van der Waals surface area contributed by atoms with Crippen molar-refractivity contribution in [3.63, 3.8) is 0 Å². The topological polar surface area (TPSA) is 109 Å². The largest absolute Gasteiger partial charge is 0.508 e. The first-order valence-electron chi connectivity index (χ1n) is 8.96. The van der Waals surface area contributed by atoms with Crippen molar-refractivity contribution in [2.75, 3.05) is 25.5 Å². The normalized spacial score (nSPS) is 10.6. The number of phenolic OH excluding ortho intramolecular Hbond substituents is 1. The second-order valence-corrected chi connectivity index (χ2v) is 6.58. The Labute approximate surface area is 170 Å². The summed E-state index contributed by atoms with van der Waals surface area (Å²) < 4.78 is 23.2. The highest BCUT2D eigenvalue weighted by molar-refractivity contribution is 5.95. The average molecular weight is 414 g/mol. The van der Waals surface area contributed by atoms with Crippen molar-refractivity contribution in [3.05, 3.63) is 60.1 Å². The lowest BCUT2D eigenvalue weighted by Gasteiger charge is -2.16. The number of ether oxygens (including phenoxy) is 1. The summed E-state index contributed by atoms with van der Waals surface area (Å²) in [5.74, 6) is -2.05. The summed E-state index contributed by atoms with van der Waals surface area (Å²) >= 11 is 0. The van der Waals surface area contributed by atoms with Crippen LogP contribution in [0.3, 0.4) is 0 Å². The van der Waals surface area contributed by atoms with E-state index >= 15 is 0 Å². The monoisotopic (exact) mass is 414 g/mol. The van der Waals surface area contributed by atoms with Crippen molar-refractivity contribution in [1.82, 2.24) is 4.90 Å². The zero-order valence-corrected chi connectivity index (χ0v) is 16.1. The number of carbonyl (C=O) groups excluding carboxylic acids is 3. The van der Waals surface area contributed by atoms with Gasteiger partial charge in [-0.2, -0.15) is 0 Å². The number of furan rings is 1. The van der Waals surface area contributed by atoms with E-state index in [0.717, 1.165) is 4.90 Å². The predicted molar refractivity (Wildman–Crippen MR) is 105 cm³/mol.